The van der Waals surface area contributed by atoms with Crippen LogP contribution in [0.5, 0.6) is 0 Å². The predicted octanol–water partition coefficient (Wildman–Crippen LogP) is 0.964. The minimum absolute atomic E-state index is 0.133. The summed E-state index contributed by atoms with van der Waals surface area (Å²) in [5, 5.41) is 0. The molecule has 0 aliphatic carbocycles. The van der Waals surface area contributed by atoms with Crippen LogP contribution in [0.1, 0.15) is 20.3 Å². The van der Waals surface area contributed by atoms with E-state index in [0.29, 0.717) is 13.2 Å². The Morgan fingerprint density at radius 3 is 1.87 bits per heavy atom. The van der Waals surface area contributed by atoms with Crippen LogP contribution in [0.3, 0.4) is 0 Å². The van der Waals surface area contributed by atoms with Gasteiger partial charge in [-0.05, 0) is 13.8 Å². The number of hydrogen-bond acceptors (Lipinski definition) is 5. The van der Waals surface area contributed by atoms with Crippen LogP contribution in [0.2, 0.25) is 0 Å². The molecule has 5 nitrogen and oxygen atoms in total. The van der Waals surface area contributed by atoms with Crippen LogP contribution in [0.4, 0.5) is 0 Å². The van der Waals surface area contributed by atoms with E-state index >= 15 is 0 Å². The molecule has 0 spiro atoms. The Kier molecular flexibility index (Phi) is 8.50. The van der Waals surface area contributed by atoms with Crippen LogP contribution in [0, 0.1) is 0 Å². The normalized spacial score (nSPS) is 11.3. The molecule has 0 N–H and O–H groups in total. The summed E-state index contributed by atoms with van der Waals surface area (Å²) in [5.41, 5.74) is 0. The van der Waals surface area contributed by atoms with Gasteiger partial charge in [0, 0.05) is 27.4 Å². The van der Waals surface area contributed by atoms with Gasteiger partial charge in [0.25, 0.3) is 0 Å². The van der Waals surface area contributed by atoms with Gasteiger partial charge in [0.05, 0.1) is 6.42 Å². The maximum atomic E-state index is 11.6. The van der Waals surface area contributed by atoms with E-state index in [4.69, 9.17) is 18.9 Å². The lowest BCUT2D eigenvalue weighted by molar-refractivity contribution is -0.175. The summed E-state index contributed by atoms with van der Waals surface area (Å²) in [6, 6.07) is 0. The number of methoxy groups -OCH3 is 2. The Hall–Kier alpha value is -0.490. The van der Waals surface area contributed by atoms with Crippen molar-refractivity contribution in [2.24, 2.45) is 0 Å². The zero-order valence-electron chi connectivity index (χ0n) is 9.82. The van der Waals surface area contributed by atoms with Crippen molar-refractivity contribution in [1.29, 1.82) is 0 Å². The van der Waals surface area contributed by atoms with Crippen molar-refractivity contribution < 1.29 is 23.7 Å². The SMILES string of the molecule is CCOC(CC(=O)C(OC)OC)OCC. The number of ketones is 1. The average molecular weight is 220 g/mol. The number of carbonyl (C=O) groups excluding carboxylic acids is 1. The summed E-state index contributed by atoms with van der Waals surface area (Å²) in [4.78, 5) is 11.6. The molecule has 5 heteroatoms. The van der Waals surface area contributed by atoms with Crippen molar-refractivity contribution in [3.8, 4) is 0 Å². The first-order valence-electron chi connectivity index (χ1n) is 5.01. The van der Waals surface area contributed by atoms with E-state index in [1.165, 1.54) is 14.2 Å². The largest absolute Gasteiger partial charge is 0.352 e. The topological polar surface area (TPSA) is 54.0 Å². The molecule has 0 aliphatic heterocycles. The predicted molar refractivity (Wildman–Crippen MR) is 54.5 cm³/mol. The second-order valence-corrected chi connectivity index (χ2v) is 2.81. The third-order valence-electron chi connectivity index (χ3n) is 1.76. The fraction of sp³-hybridized carbons (Fsp3) is 0.900. The van der Waals surface area contributed by atoms with Gasteiger partial charge in [-0.1, -0.05) is 0 Å². The lowest BCUT2D eigenvalue weighted by atomic mass is 10.2. The van der Waals surface area contributed by atoms with Gasteiger partial charge in [-0.25, -0.2) is 0 Å². The highest BCUT2D eigenvalue weighted by Crippen LogP contribution is 2.06. The maximum absolute atomic E-state index is 11.6. The minimum atomic E-state index is -0.839. The van der Waals surface area contributed by atoms with Gasteiger partial charge in [0.15, 0.2) is 12.1 Å². The third-order valence-corrected chi connectivity index (χ3v) is 1.76. The highest BCUT2D eigenvalue weighted by atomic mass is 16.7. The molecule has 0 rings (SSSR count). The van der Waals surface area contributed by atoms with Crippen LogP contribution in [-0.2, 0) is 23.7 Å². The van der Waals surface area contributed by atoms with E-state index < -0.39 is 12.6 Å². The van der Waals surface area contributed by atoms with Gasteiger partial charge < -0.3 is 18.9 Å². The van der Waals surface area contributed by atoms with E-state index in [-0.39, 0.29) is 12.2 Å². The standard InChI is InChI=1S/C10H20O5/c1-5-14-9(15-6-2)7-8(11)10(12-3)13-4/h9-10H,5-7H2,1-4H3. The second-order valence-electron chi connectivity index (χ2n) is 2.81. The Morgan fingerprint density at radius 1 is 1.07 bits per heavy atom. The van der Waals surface area contributed by atoms with Crippen molar-refractivity contribution in [2.75, 3.05) is 27.4 Å². The first-order valence-corrected chi connectivity index (χ1v) is 5.01. The molecule has 15 heavy (non-hydrogen) atoms. The molecule has 90 valence electrons. The van der Waals surface area contributed by atoms with Gasteiger partial charge >= 0.3 is 0 Å². The van der Waals surface area contributed by atoms with Crippen molar-refractivity contribution in [3.63, 3.8) is 0 Å². The first-order chi connectivity index (χ1) is 7.19. The fourth-order valence-electron chi connectivity index (χ4n) is 1.16. The summed E-state index contributed by atoms with van der Waals surface area (Å²) in [5.74, 6) is -0.188. The Morgan fingerprint density at radius 2 is 1.53 bits per heavy atom. The number of ether oxygens (including phenoxy) is 4. The number of rotatable bonds is 9. The summed E-state index contributed by atoms with van der Waals surface area (Å²) in [6.07, 6.45) is -1.22. The monoisotopic (exact) mass is 220 g/mol. The molecule has 0 fully saturated rings. The van der Waals surface area contributed by atoms with Crippen molar-refractivity contribution >= 4 is 5.78 Å². The molecule has 0 heterocycles. The van der Waals surface area contributed by atoms with Gasteiger partial charge in [-0.2, -0.15) is 0 Å². The molecular weight excluding hydrogens is 200 g/mol. The molecular formula is C10H20O5. The van der Waals surface area contributed by atoms with Crippen LogP contribution in [-0.4, -0.2) is 45.8 Å². The second kappa shape index (κ2) is 8.79. The molecule has 0 amide bonds. The highest BCUT2D eigenvalue weighted by Gasteiger charge is 2.22. The molecule has 0 bridgehead atoms. The van der Waals surface area contributed by atoms with E-state index in [2.05, 4.69) is 0 Å². The van der Waals surface area contributed by atoms with E-state index in [1.807, 2.05) is 13.8 Å². The number of hydrogen-bond donors (Lipinski definition) is 0. The highest BCUT2D eigenvalue weighted by molar-refractivity contribution is 5.82. The summed E-state index contributed by atoms with van der Waals surface area (Å²) < 4.78 is 20.1. The van der Waals surface area contributed by atoms with E-state index in [0.717, 1.165) is 0 Å². The Bertz CT molecular complexity index is 161. The minimum Gasteiger partial charge on any atom is -0.352 e. The smallest absolute Gasteiger partial charge is 0.217 e. The quantitative estimate of drug-likeness (QED) is 0.542. The van der Waals surface area contributed by atoms with Crippen LogP contribution in [0.15, 0.2) is 0 Å². The average Bonchev–Trinajstić information content (AvgIpc) is 2.20. The van der Waals surface area contributed by atoms with Crippen LogP contribution >= 0.6 is 0 Å². The molecule has 0 aromatic heterocycles. The zero-order valence-corrected chi connectivity index (χ0v) is 9.82. The number of Topliss-reactive ketones (excluding diaryl/α,β-unsaturated/α-hetero) is 1. The van der Waals surface area contributed by atoms with Gasteiger partial charge in [-0.3, -0.25) is 4.79 Å². The molecule has 0 saturated carbocycles. The van der Waals surface area contributed by atoms with Gasteiger partial charge in [-0.15, -0.1) is 0 Å². The molecule has 0 aromatic rings. The molecule has 0 aromatic carbocycles. The van der Waals surface area contributed by atoms with E-state index in [1.54, 1.807) is 0 Å². The first kappa shape index (κ1) is 14.5. The molecule has 0 atom stereocenters. The van der Waals surface area contributed by atoms with Crippen molar-refractivity contribution in [1.82, 2.24) is 0 Å². The lowest BCUT2D eigenvalue weighted by Crippen LogP contribution is -2.30. The summed E-state index contributed by atoms with van der Waals surface area (Å²) >= 11 is 0. The summed E-state index contributed by atoms with van der Waals surface area (Å²) in [6.45, 7) is 4.70. The number of carbonyl (C=O) groups is 1. The lowest BCUT2D eigenvalue weighted by Gasteiger charge is -2.18. The van der Waals surface area contributed by atoms with E-state index in [9.17, 15) is 4.79 Å². The molecule has 0 aliphatic rings. The summed E-state index contributed by atoms with van der Waals surface area (Å²) in [7, 11) is 2.84. The third kappa shape index (κ3) is 5.84. The van der Waals surface area contributed by atoms with Crippen molar-refractivity contribution in [2.45, 2.75) is 32.8 Å². The molecule has 0 radical (unpaired) electrons. The van der Waals surface area contributed by atoms with Gasteiger partial charge in [0.1, 0.15) is 0 Å². The van der Waals surface area contributed by atoms with Crippen molar-refractivity contribution in [3.05, 3.63) is 0 Å². The zero-order chi connectivity index (χ0) is 11.7. The van der Waals surface area contributed by atoms with Crippen LogP contribution < -0.4 is 0 Å². The molecule has 0 saturated heterocycles. The fourth-order valence-corrected chi connectivity index (χ4v) is 1.16. The van der Waals surface area contributed by atoms with Gasteiger partial charge in [0.2, 0.25) is 6.29 Å². The van der Waals surface area contributed by atoms with Crippen LogP contribution in [0.25, 0.3) is 0 Å². The molecule has 0 unspecified atom stereocenters. The Labute approximate surface area is 90.6 Å². The Balaban J connectivity index is 4.07. The maximum Gasteiger partial charge on any atom is 0.217 e.